The van der Waals surface area contributed by atoms with Crippen LogP contribution in [0.15, 0.2) is 16.1 Å². The summed E-state index contributed by atoms with van der Waals surface area (Å²) in [7, 11) is 2.11. The molecule has 5 rings (SSSR count). The van der Waals surface area contributed by atoms with E-state index in [1.165, 1.54) is 6.42 Å². The molecule has 8 heteroatoms. The van der Waals surface area contributed by atoms with Gasteiger partial charge in [0, 0.05) is 32.4 Å². The summed E-state index contributed by atoms with van der Waals surface area (Å²) in [6.07, 6.45) is 7.18. The number of amides is 2. The molecule has 33 heavy (non-hydrogen) atoms. The van der Waals surface area contributed by atoms with E-state index in [2.05, 4.69) is 36.4 Å². The van der Waals surface area contributed by atoms with E-state index >= 15 is 0 Å². The van der Waals surface area contributed by atoms with Crippen molar-refractivity contribution in [1.82, 2.24) is 15.2 Å². The molecule has 2 fully saturated rings. The Kier molecular flexibility index (Phi) is 6.04. The van der Waals surface area contributed by atoms with Crippen molar-refractivity contribution in [3.05, 3.63) is 28.1 Å². The summed E-state index contributed by atoms with van der Waals surface area (Å²) in [4.78, 5) is 19.7. The van der Waals surface area contributed by atoms with Gasteiger partial charge in [-0.25, -0.2) is 9.78 Å². The maximum Gasteiger partial charge on any atom is 0.319 e. The zero-order valence-corrected chi connectivity index (χ0v) is 20.5. The average molecular weight is 473 g/mol. The molecule has 1 aliphatic carbocycles. The van der Waals surface area contributed by atoms with Crippen LogP contribution in [-0.4, -0.2) is 42.7 Å². The van der Waals surface area contributed by atoms with Crippen LogP contribution < -0.4 is 10.6 Å². The number of anilines is 1. The van der Waals surface area contributed by atoms with Crippen molar-refractivity contribution in [2.75, 3.05) is 32.1 Å². The first-order valence-electron chi connectivity index (χ1n) is 12.1. The number of carbonyl (C=O) groups is 1. The Morgan fingerprint density at radius 1 is 1.24 bits per heavy atom. The van der Waals surface area contributed by atoms with Crippen molar-refractivity contribution in [1.29, 1.82) is 0 Å². The molecule has 0 radical (unpaired) electrons. The number of aromatic nitrogens is 1. The maximum atomic E-state index is 12.5. The van der Waals surface area contributed by atoms with Crippen LogP contribution in [0.3, 0.4) is 0 Å². The van der Waals surface area contributed by atoms with Crippen molar-refractivity contribution < 1.29 is 13.9 Å². The molecule has 1 saturated heterocycles. The van der Waals surface area contributed by atoms with Gasteiger partial charge in [-0.3, -0.25) is 0 Å². The van der Waals surface area contributed by atoms with Gasteiger partial charge in [0.05, 0.1) is 21.9 Å². The van der Waals surface area contributed by atoms with E-state index in [4.69, 9.17) is 25.7 Å². The minimum absolute atomic E-state index is 0.202. The van der Waals surface area contributed by atoms with Gasteiger partial charge in [-0.2, -0.15) is 0 Å². The first kappa shape index (κ1) is 22.5. The molecule has 1 spiro atoms. The second kappa shape index (κ2) is 8.84. The number of rotatable bonds is 4. The van der Waals surface area contributed by atoms with Gasteiger partial charge >= 0.3 is 6.03 Å². The second-order valence-electron chi connectivity index (χ2n) is 9.98. The number of nitrogens with one attached hydrogen (secondary N) is 2. The topological polar surface area (TPSA) is 79.6 Å². The number of benzene rings is 1. The van der Waals surface area contributed by atoms with Gasteiger partial charge in [-0.05, 0) is 57.1 Å². The molecule has 3 heterocycles. The Balaban J connectivity index is 1.59. The quantitative estimate of drug-likeness (QED) is 0.580. The van der Waals surface area contributed by atoms with Gasteiger partial charge in [0.2, 0.25) is 5.89 Å². The molecule has 0 bridgehead atoms. The number of halogens is 1. The highest BCUT2D eigenvalue weighted by Gasteiger charge is 2.44. The highest BCUT2D eigenvalue weighted by molar-refractivity contribution is 6.35. The molecule has 2 amide bonds. The highest BCUT2D eigenvalue weighted by atomic mass is 35.5. The van der Waals surface area contributed by atoms with Crippen molar-refractivity contribution in [2.24, 2.45) is 5.92 Å². The lowest BCUT2D eigenvalue weighted by atomic mass is 9.74. The first-order valence-corrected chi connectivity index (χ1v) is 12.5. The van der Waals surface area contributed by atoms with Gasteiger partial charge in [-0.1, -0.05) is 30.9 Å². The number of urea groups is 1. The van der Waals surface area contributed by atoms with E-state index in [0.717, 1.165) is 86.2 Å². The molecule has 1 aromatic carbocycles. The number of fused-ring (bicyclic) bond motifs is 4. The van der Waals surface area contributed by atoms with Crippen LogP contribution in [0.25, 0.3) is 16.8 Å². The van der Waals surface area contributed by atoms with Gasteiger partial charge in [0.15, 0.2) is 5.58 Å². The van der Waals surface area contributed by atoms with E-state index in [1.807, 2.05) is 6.07 Å². The van der Waals surface area contributed by atoms with Crippen molar-refractivity contribution in [3.8, 4) is 0 Å². The predicted octanol–water partition coefficient (Wildman–Crippen LogP) is 5.89. The average Bonchev–Trinajstić information content (AvgIpc) is 3.17. The number of hydrogen-bond acceptors (Lipinski definition) is 5. The van der Waals surface area contributed by atoms with Crippen LogP contribution in [0.1, 0.15) is 70.2 Å². The largest absolute Gasteiger partial charge is 0.434 e. The smallest absolute Gasteiger partial charge is 0.319 e. The molecule has 0 atom stereocenters. The lowest BCUT2D eigenvalue weighted by Crippen LogP contribution is -2.52. The third-order valence-corrected chi connectivity index (χ3v) is 7.64. The fourth-order valence-corrected chi connectivity index (χ4v) is 6.08. The van der Waals surface area contributed by atoms with E-state index in [9.17, 15) is 4.79 Å². The normalized spacial score (nSPS) is 20.3. The van der Waals surface area contributed by atoms with Gasteiger partial charge in [-0.15, -0.1) is 0 Å². The Morgan fingerprint density at radius 3 is 2.67 bits per heavy atom. The highest BCUT2D eigenvalue weighted by Crippen LogP contribution is 2.49. The summed E-state index contributed by atoms with van der Waals surface area (Å²) in [6.45, 7) is 6.78. The summed E-state index contributed by atoms with van der Waals surface area (Å²) < 4.78 is 12.1. The van der Waals surface area contributed by atoms with Crippen molar-refractivity contribution >= 4 is 40.1 Å². The minimum Gasteiger partial charge on any atom is -0.434 e. The minimum atomic E-state index is -0.463. The van der Waals surface area contributed by atoms with Crippen LogP contribution in [-0.2, 0) is 10.3 Å². The lowest BCUT2D eigenvalue weighted by molar-refractivity contribution is 0.0604. The summed E-state index contributed by atoms with van der Waals surface area (Å²) in [5.74, 6) is 1.20. The zero-order chi connectivity index (χ0) is 23.2. The second-order valence-corrected chi connectivity index (χ2v) is 10.4. The number of carbonyl (C=O) groups excluding carboxylic acids is 1. The number of hydrogen-bond donors (Lipinski definition) is 2. The third kappa shape index (κ3) is 4.10. The SMILES string of the molecule is CC(C)=C(c1nc2cc(Cl)c3c(c2o1)C1(CCCCC1)NC(=O)N3)N(C)CC1CCOCC1. The number of oxazole rings is 1. The van der Waals surface area contributed by atoms with E-state index in [0.29, 0.717) is 22.5 Å². The summed E-state index contributed by atoms with van der Waals surface area (Å²) >= 11 is 6.67. The van der Waals surface area contributed by atoms with Crippen LogP contribution in [0.5, 0.6) is 0 Å². The first-order chi connectivity index (χ1) is 15.9. The molecule has 3 aliphatic rings. The summed E-state index contributed by atoms with van der Waals surface area (Å²) in [5.41, 5.74) is 4.75. The number of nitrogens with zero attached hydrogens (tertiary/aromatic N) is 2. The maximum absolute atomic E-state index is 12.5. The van der Waals surface area contributed by atoms with E-state index in [1.54, 1.807) is 0 Å². The molecule has 1 aromatic heterocycles. The zero-order valence-electron chi connectivity index (χ0n) is 19.7. The fraction of sp³-hybridized carbons (Fsp3) is 0.600. The Hall–Kier alpha value is -2.25. The Morgan fingerprint density at radius 2 is 1.97 bits per heavy atom. The molecule has 1 saturated carbocycles. The molecule has 2 N–H and O–H groups in total. The predicted molar refractivity (Wildman–Crippen MR) is 130 cm³/mol. The molecular weight excluding hydrogens is 440 g/mol. The van der Waals surface area contributed by atoms with Gasteiger partial charge in [0.25, 0.3) is 0 Å². The molecule has 0 unspecified atom stereocenters. The van der Waals surface area contributed by atoms with Crippen LogP contribution in [0.2, 0.25) is 5.02 Å². The number of ether oxygens (including phenoxy) is 1. The van der Waals surface area contributed by atoms with Crippen molar-refractivity contribution in [2.45, 2.75) is 64.3 Å². The van der Waals surface area contributed by atoms with Gasteiger partial charge in [0.1, 0.15) is 5.52 Å². The molecule has 2 aromatic rings. The lowest BCUT2D eigenvalue weighted by Gasteiger charge is -2.42. The van der Waals surface area contributed by atoms with Gasteiger partial charge < -0.3 is 24.7 Å². The Labute approximate surface area is 199 Å². The Bertz CT molecular complexity index is 1090. The summed E-state index contributed by atoms with van der Waals surface area (Å²) in [6, 6.07) is 1.61. The molecule has 178 valence electrons. The third-order valence-electron chi connectivity index (χ3n) is 7.34. The fourth-order valence-electron chi connectivity index (χ4n) is 5.84. The number of allylic oxidation sites excluding steroid dienone is 1. The molecule has 2 aliphatic heterocycles. The van der Waals surface area contributed by atoms with Crippen LogP contribution in [0.4, 0.5) is 10.5 Å². The van der Waals surface area contributed by atoms with Crippen LogP contribution in [0, 0.1) is 5.92 Å². The molecular formula is C25H33ClN4O3. The van der Waals surface area contributed by atoms with E-state index < -0.39 is 5.54 Å². The summed E-state index contributed by atoms with van der Waals surface area (Å²) in [5, 5.41) is 6.65. The molecule has 7 nitrogen and oxygen atoms in total. The van der Waals surface area contributed by atoms with E-state index in [-0.39, 0.29) is 6.03 Å². The van der Waals surface area contributed by atoms with Crippen molar-refractivity contribution in [3.63, 3.8) is 0 Å². The van der Waals surface area contributed by atoms with Crippen LogP contribution >= 0.6 is 11.6 Å². The standard InChI is InChI=1S/C25H33ClN4O3/c1-15(2)21(30(3)14-16-7-11-32-12-8-16)23-27-18-13-17(26)20-19(22(18)33-23)25(29-24(31)28-20)9-5-4-6-10-25/h13,16H,4-12,14H2,1-3H3,(H2,28,29,31). The monoisotopic (exact) mass is 472 g/mol.